The molecule has 0 saturated heterocycles. The van der Waals surface area contributed by atoms with Gasteiger partial charge in [-0.15, -0.1) is 0 Å². The van der Waals surface area contributed by atoms with Crippen LogP contribution in [-0.2, 0) is 9.84 Å². The van der Waals surface area contributed by atoms with Crippen molar-refractivity contribution in [3.05, 3.63) is 29.0 Å². The van der Waals surface area contributed by atoms with Crippen LogP contribution in [0.3, 0.4) is 0 Å². The Morgan fingerprint density at radius 2 is 2.06 bits per heavy atom. The van der Waals surface area contributed by atoms with Crippen molar-refractivity contribution in [2.75, 3.05) is 12.0 Å². The summed E-state index contributed by atoms with van der Waals surface area (Å²) >= 11 is 5.79. The van der Waals surface area contributed by atoms with Crippen LogP contribution in [-0.4, -0.2) is 24.9 Å². The third kappa shape index (κ3) is 2.32. The van der Waals surface area contributed by atoms with E-state index in [1.807, 2.05) is 0 Å². The Bertz CT molecular complexity index is 689. The summed E-state index contributed by atoms with van der Waals surface area (Å²) in [5.41, 5.74) is 6.25. The molecule has 3 N–H and O–H groups in total. The standard InChI is InChI=1S/C10H9ClFN3O2S/c1-18(16,17)10-6(11)2-5(3-7(10)12)8-4-9(13)15-14-8/h2-4H,1H3,(H3,13,14,15). The lowest BCUT2D eigenvalue weighted by Crippen LogP contribution is -2.02. The smallest absolute Gasteiger partial charge is 0.179 e. The Labute approximate surface area is 108 Å². The van der Waals surface area contributed by atoms with Gasteiger partial charge in [0.25, 0.3) is 0 Å². The molecule has 0 bridgehead atoms. The van der Waals surface area contributed by atoms with Crippen LogP contribution in [0.5, 0.6) is 0 Å². The van der Waals surface area contributed by atoms with Crippen LogP contribution < -0.4 is 5.73 Å². The van der Waals surface area contributed by atoms with E-state index in [1.54, 1.807) is 0 Å². The van der Waals surface area contributed by atoms with Crippen LogP contribution >= 0.6 is 11.6 Å². The highest BCUT2D eigenvalue weighted by molar-refractivity contribution is 7.90. The molecular formula is C10H9ClFN3O2S. The van der Waals surface area contributed by atoms with Gasteiger partial charge in [0, 0.05) is 17.9 Å². The fraction of sp³-hybridized carbons (Fsp3) is 0.100. The molecule has 0 radical (unpaired) electrons. The van der Waals surface area contributed by atoms with Gasteiger partial charge in [-0.1, -0.05) is 11.6 Å². The van der Waals surface area contributed by atoms with Gasteiger partial charge in [-0.05, 0) is 12.1 Å². The lowest BCUT2D eigenvalue weighted by atomic mass is 10.1. The van der Waals surface area contributed by atoms with Gasteiger partial charge in [0.05, 0.1) is 10.7 Å². The molecule has 0 saturated carbocycles. The number of hydrogen-bond donors (Lipinski definition) is 2. The van der Waals surface area contributed by atoms with Gasteiger partial charge in [-0.3, -0.25) is 5.10 Å². The summed E-state index contributed by atoms with van der Waals surface area (Å²) in [7, 11) is -3.72. The number of hydrogen-bond acceptors (Lipinski definition) is 4. The molecule has 1 heterocycles. The number of nitrogens with two attached hydrogens (primary N) is 1. The molecule has 18 heavy (non-hydrogen) atoms. The molecule has 0 aliphatic heterocycles. The molecule has 0 unspecified atom stereocenters. The zero-order valence-electron chi connectivity index (χ0n) is 9.24. The Kier molecular flexibility index (Phi) is 3.04. The topological polar surface area (TPSA) is 88.8 Å². The number of sulfone groups is 1. The molecule has 1 aromatic heterocycles. The van der Waals surface area contributed by atoms with Crippen molar-refractivity contribution in [1.82, 2.24) is 10.2 Å². The van der Waals surface area contributed by atoms with Crippen LogP contribution in [0.15, 0.2) is 23.1 Å². The van der Waals surface area contributed by atoms with Gasteiger partial charge >= 0.3 is 0 Å². The molecule has 2 rings (SSSR count). The summed E-state index contributed by atoms with van der Waals surface area (Å²) in [5.74, 6) is -0.665. The molecule has 5 nitrogen and oxygen atoms in total. The summed E-state index contributed by atoms with van der Waals surface area (Å²) in [6.07, 6.45) is 0.894. The second-order valence-electron chi connectivity index (χ2n) is 3.75. The van der Waals surface area contributed by atoms with E-state index >= 15 is 0 Å². The highest BCUT2D eigenvalue weighted by Crippen LogP contribution is 2.30. The van der Waals surface area contributed by atoms with Crippen LogP contribution in [0, 0.1) is 5.82 Å². The second kappa shape index (κ2) is 4.25. The predicted molar refractivity (Wildman–Crippen MR) is 66.5 cm³/mol. The Morgan fingerprint density at radius 1 is 1.39 bits per heavy atom. The van der Waals surface area contributed by atoms with Gasteiger partial charge in [-0.2, -0.15) is 5.10 Å². The first-order valence-electron chi connectivity index (χ1n) is 4.79. The van der Waals surface area contributed by atoms with E-state index in [9.17, 15) is 12.8 Å². The molecule has 2 aromatic rings. The second-order valence-corrected chi connectivity index (χ2v) is 6.11. The van der Waals surface area contributed by atoms with Crippen molar-refractivity contribution in [1.29, 1.82) is 0 Å². The van der Waals surface area contributed by atoms with Gasteiger partial charge in [-0.25, -0.2) is 12.8 Å². The molecule has 8 heteroatoms. The predicted octanol–water partition coefficient (Wildman–Crippen LogP) is 1.85. The minimum Gasteiger partial charge on any atom is -0.382 e. The van der Waals surface area contributed by atoms with Crippen molar-refractivity contribution in [2.24, 2.45) is 0 Å². The number of anilines is 1. The summed E-state index contributed by atoms with van der Waals surface area (Å²) in [6.45, 7) is 0. The van der Waals surface area contributed by atoms with Crippen molar-refractivity contribution < 1.29 is 12.8 Å². The maximum absolute atomic E-state index is 13.8. The molecule has 1 aromatic carbocycles. The van der Waals surface area contributed by atoms with Crippen LogP contribution in [0.2, 0.25) is 5.02 Å². The number of rotatable bonds is 2. The number of nitrogen functional groups attached to an aromatic ring is 1. The minimum atomic E-state index is -3.72. The Balaban J connectivity index is 2.63. The normalized spacial score (nSPS) is 11.7. The van der Waals surface area contributed by atoms with Crippen molar-refractivity contribution in [3.8, 4) is 11.3 Å². The third-order valence-corrected chi connectivity index (χ3v) is 3.84. The number of halogens is 2. The average Bonchev–Trinajstić information content (AvgIpc) is 2.61. The molecule has 96 valence electrons. The van der Waals surface area contributed by atoms with E-state index in [0.717, 1.165) is 12.3 Å². The monoisotopic (exact) mass is 289 g/mol. The van der Waals surface area contributed by atoms with Crippen molar-refractivity contribution in [3.63, 3.8) is 0 Å². The maximum Gasteiger partial charge on any atom is 0.179 e. The highest BCUT2D eigenvalue weighted by Gasteiger charge is 2.20. The molecule has 0 aliphatic rings. The molecule has 0 fully saturated rings. The lowest BCUT2D eigenvalue weighted by Gasteiger charge is -2.06. The lowest BCUT2D eigenvalue weighted by molar-refractivity contribution is 0.571. The van der Waals surface area contributed by atoms with E-state index in [2.05, 4.69) is 10.2 Å². The summed E-state index contributed by atoms with van der Waals surface area (Å²) in [6, 6.07) is 3.90. The number of aromatic nitrogens is 2. The van der Waals surface area contributed by atoms with Crippen LogP contribution in [0.25, 0.3) is 11.3 Å². The fourth-order valence-corrected chi connectivity index (χ4v) is 3.01. The van der Waals surface area contributed by atoms with E-state index in [-0.39, 0.29) is 10.8 Å². The SMILES string of the molecule is CS(=O)(=O)c1c(F)cc(-c2cc(N)n[nH]2)cc1Cl. The summed E-state index contributed by atoms with van der Waals surface area (Å²) in [4.78, 5) is -0.514. The minimum absolute atomic E-state index is 0.180. The quantitative estimate of drug-likeness (QED) is 0.883. The van der Waals surface area contributed by atoms with Gasteiger partial charge in [0.15, 0.2) is 9.84 Å². The van der Waals surface area contributed by atoms with E-state index < -0.39 is 20.5 Å². The van der Waals surface area contributed by atoms with E-state index in [0.29, 0.717) is 11.3 Å². The zero-order chi connectivity index (χ0) is 13.5. The molecule has 0 amide bonds. The van der Waals surface area contributed by atoms with Crippen LogP contribution in [0.4, 0.5) is 10.2 Å². The number of aromatic amines is 1. The highest BCUT2D eigenvalue weighted by atomic mass is 35.5. The van der Waals surface area contributed by atoms with Crippen molar-refractivity contribution in [2.45, 2.75) is 4.90 Å². The number of nitrogens with one attached hydrogen (secondary N) is 1. The zero-order valence-corrected chi connectivity index (χ0v) is 10.8. The molecule has 0 spiro atoms. The first kappa shape index (κ1) is 12.8. The summed E-state index contributed by atoms with van der Waals surface area (Å²) < 4.78 is 36.5. The largest absolute Gasteiger partial charge is 0.382 e. The van der Waals surface area contributed by atoms with Gasteiger partial charge < -0.3 is 5.73 Å². The van der Waals surface area contributed by atoms with Crippen LogP contribution in [0.1, 0.15) is 0 Å². The first-order chi connectivity index (χ1) is 8.29. The van der Waals surface area contributed by atoms with Gasteiger partial charge in [0.1, 0.15) is 16.5 Å². The first-order valence-corrected chi connectivity index (χ1v) is 7.06. The molecular weight excluding hydrogens is 281 g/mol. The molecule has 0 aliphatic carbocycles. The Morgan fingerprint density at radius 3 is 2.50 bits per heavy atom. The fourth-order valence-electron chi connectivity index (χ4n) is 1.55. The van der Waals surface area contributed by atoms with E-state index in [1.165, 1.54) is 12.1 Å². The Hall–Kier alpha value is -1.60. The molecule has 0 atom stereocenters. The maximum atomic E-state index is 13.8. The summed E-state index contributed by atoms with van der Waals surface area (Å²) in [5, 5.41) is 6.10. The number of benzene rings is 1. The van der Waals surface area contributed by atoms with Gasteiger partial charge in [0.2, 0.25) is 0 Å². The number of nitrogens with zero attached hydrogens (tertiary/aromatic N) is 1. The average molecular weight is 290 g/mol. The van der Waals surface area contributed by atoms with E-state index in [4.69, 9.17) is 17.3 Å². The third-order valence-electron chi connectivity index (χ3n) is 2.28. The number of H-pyrrole nitrogens is 1. The van der Waals surface area contributed by atoms with Crippen molar-refractivity contribution >= 4 is 27.3 Å².